The molecule has 2 aromatic heterocycles. The molecule has 1 atom stereocenters. The Morgan fingerprint density at radius 1 is 1.19 bits per heavy atom. The van der Waals surface area contributed by atoms with E-state index in [1.807, 2.05) is 43.5 Å². The number of carbonyl (C=O) groups is 1. The standard InChI is InChI=1S/C19H21N5OS/c1-13-4-6-15(7-5-13)23-18(25)14(2)20-11-8-16-12-26-19(24-16)17-21-9-3-10-22-17/h3-7,9-10,12,14,20H,8,11H2,1-2H3,(H,23,25)/t14-/m0/s1. The molecule has 0 saturated carbocycles. The van der Waals surface area contributed by atoms with Gasteiger partial charge >= 0.3 is 0 Å². The fraction of sp³-hybridized carbons (Fsp3) is 0.263. The molecule has 1 amide bonds. The lowest BCUT2D eigenvalue weighted by atomic mass is 10.2. The second kappa shape index (κ2) is 8.64. The first kappa shape index (κ1) is 18.2. The van der Waals surface area contributed by atoms with E-state index in [1.54, 1.807) is 18.5 Å². The number of rotatable bonds is 7. The summed E-state index contributed by atoms with van der Waals surface area (Å²) in [5.74, 6) is 0.591. The smallest absolute Gasteiger partial charge is 0.241 e. The molecule has 2 N–H and O–H groups in total. The Morgan fingerprint density at radius 3 is 2.65 bits per heavy atom. The summed E-state index contributed by atoms with van der Waals surface area (Å²) in [6, 6.07) is 9.26. The van der Waals surface area contributed by atoms with E-state index in [2.05, 4.69) is 25.6 Å². The van der Waals surface area contributed by atoms with Crippen molar-refractivity contribution in [3.63, 3.8) is 0 Å². The van der Waals surface area contributed by atoms with Gasteiger partial charge in [-0.2, -0.15) is 0 Å². The summed E-state index contributed by atoms with van der Waals surface area (Å²) in [4.78, 5) is 25.2. The highest BCUT2D eigenvalue weighted by Gasteiger charge is 2.13. The number of nitrogens with zero attached hydrogens (tertiary/aromatic N) is 3. The third-order valence-electron chi connectivity index (χ3n) is 3.85. The van der Waals surface area contributed by atoms with E-state index in [0.29, 0.717) is 12.4 Å². The molecule has 0 spiro atoms. The molecule has 0 radical (unpaired) electrons. The van der Waals surface area contributed by atoms with Gasteiger partial charge in [-0.15, -0.1) is 11.3 Å². The van der Waals surface area contributed by atoms with Crippen LogP contribution in [-0.4, -0.2) is 33.4 Å². The second-order valence-corrected chi connectivity index (χ2v) is 6.86. The van der Waals surface area contributed by atoms with Crippen molar-refractivity contribution in [3.8, 4) is 10.8 Å². The number of anilines is 1. The van der Waals surface area contributed by atoms with E-state index < -0.39 is 0 Å². The van der Waals surface area contributed by atoms with Gasteiger partial charge in [0.25, 0.3) is 0 Å². The highest BCUT2D eigenvalue weighted by atomic mass is 32.1. The summed E-state index contributed by atoms with van der Waals surface area (Å²) < 4.78 is 0. The number of benzene rings is 1. The fourth-order valence-corrected chi connectivity index (χ4v) is 3.13. The Labute approximate surface area is 156 Å². The van der Waals surface area contributed by atoms with Gasteiger partial charge in [0.2, 0.25) is 5.91 Å². The van der Waals surface area contributed by atoms with Crippen molar-refractivity contribution >= 4 is 22.9 Å². The molecule has 134 valence electrons. The lowest BCUT2D eigenvalue weighted by molar-refractivity contribution is -0.117. The van der Waals surface area contributed by atoms with Gasteiger partial charge < -0.3 is 10.6 Å². The normalized spacial score (nSPS) is 11.9. The zero-order valence-electron chi connectivity index (χ0n) is 14.8. The lowest BCUT2D eigenvalue weighted by Crippen LogP contribution is -2.39. The number of aryl methyl sites for hydroxylation is 1. The average Bonchev–Trinajstić information content (AvgIpc) is 3.13. The Balaban J connectivity index is 1.46. The molecular formula is C19H21N5OS. The molecule has 0 fully saturated rings. The minimum absolute atomic E-state index is 0.0505. The number of carbonyl (C=O) groups excluding carboxylic acids is 1. The summed E-state index contributed by atoms with van der Waals surface area (Å²) in [6.45, 7) is 4.54. The first-order valence-corrected chi connectivity index (χ1v) is 9.32. The Bertz CT molecular complexity index is 848. The van der Waals surface area contributed by atoms with E-state index in [0.717, 1.165) is 28.4 Å². The average molecular weight is 367 g/mol. The van der Waals surface area contributed by atoms with Crippen LogP contribution in [-0.2, 0) is 11.2 Å². The summed E-state index contributed by atoms with van der Waals surface area (Å²) in [5.41, 5.74) is 2.94. The SMILES string of the molecule is Cc1ccc(NC(=O)[C@H](C)NCCc2csc(-c3ncccn3)n2)cc1. The Hall–Kier alpha value is -2.64. The highest BCUT2D eigenvalue weighted by molar-refractivity contribution is 7.13. The molecule has 0 unspecified atom stereocenters. The van der Waals surface area contributed by atoms with Crippen LogP contribution in [0.4, 0.5) is 5.69 Å². The molecule has 0 aliphatic heterocycles. The third kappa shape index (κ3) is 4.93. The second-order valence-electron chi connectivity index (χ2n) is 6.00. The van der Waals surface area contributed by atoms with E-state index in [4.69, 9.17) is 0 Å². The van der Waals surface area contributed by atoms with E-state index >= 15 is 0 Å². The molecule has 3 rings (SSSR count). The van der Waals surface area contributed by atoms with Crippen molar-refractivity contribution in [2.24, 2.45) is 0 Å². The van der Waals surface area contributed by atoms with Crippen LogP contribution in [0.2, 0.25) is 0 Å². The monoisotopic (exact) mass is 367 g/mol. The maximum absolute atomic E-state index is 12.2. The molecule has 6 nitrogen and oxygen atoms in total. The van der Waals surface area contributed by atoms with Crippen LogP contribution in [0, 0.1) is 6.92 Å². The van der Waals surface area contributed by atoms with Crippen LogP contribution in [0.1, 0.15) is 18.2 Å². The number of nitrogens with one attached hydrogen (secondary N) is 2. The lowest BCUT2D eigenvalue weighted by Gasteiger charge is -2.13. The summed E-state index contributed by atoms with van der Waals surface area (Å²) in [6.07, 6.45) is 4.16. The van der Waals surface area contributed by atoms with Crippen molar-refractivity contribution < 1.29 is 4.79 Å². The molecule has 0 aliphatic carbocycles. The van der Waals surface area contributed by atoms with Gasteiger partial charge in [0.05, 0.1) is 11.7 Å². The van der Waals surface area contributed by atoms with Gasteiger partial charge in [0.15, 0.2) is 10.8 Å². The van der Waals surface area contributed by atoms with Crippen LogP contribution >= 0.6 is 11.3 Å². The molecule has 3 aromatic rings. The number of aromatic nitrogens is 3. The van der Waals surface area contributed by atoms with Crippen LogP contribution < -0.4 is 10.6 Å². The van der Waals surface area contributed by atoms with Gasteiger partial charge in [0.1, 0.15) is 0 Å². The molecule has 7 heteroatoms. The first-order valence-electron chi connectivity index (χ1n) is 8.44. The van der Waals surface area contributed by atoms with E-state index in [1.165, 1.54) is 11.3 Å². The predicted octanol–water partition coefficient (Wildman–Crippen LogP) is 3.07. The van der Waals surface area contributed by atoms with Crippen LogP contribution in [0.15, 0.2) is 48.1 Å². The number of amides is 1. The van der Waals surface area contributed by atoms with Gasteiger partial charge in [-0.1, -0.05) is 17.7 Å². The molecule has 1 aromatic carbocycles. The van der Waals surface area contributed by atoms with Crippen molar-refractivity contribution in [3.05, 3.63) is 59.4 Å². The van der Waals surface area contributed by atoms with E-state index in [-0.39, 0.29) is 11.9 Å². The third-order valence-corrected chi connectivity index (χ3v) is 4.74. The number of hydrogen-bond acceptors (Lipinski definition) is 6. The van der Waals surface area contributed by atoms with Crippen LogP contribution in [0.5, 0.6) is 0 Å². The van der Waals surface area contributed by atoms with Crippen molar-refractivity contribution in [2.75, 3.05) is 11.9 Å². The number of thiazole rings is 1. The van der Waals surface area contributed by atoms with Gasteiger partial charge in [-0.3, -0.25) is 4.79 Å². The molecule has 0 aliphatic rings. The van der Waals surface area contributed by atoms with Gasteiger partial charge in [0, 0.05) is 36.4 Å². The molecule has 26 heavy (non-hydrogen) atoms. The molecular weight excluding hydrogens is 346 g/mol. The zero-order valence-corrected chi connectivity index (χ0v) is 15.6. The summed E-state index contributed by atoms with van der Waals surface area (Å²) in [7, 11) is 0. The summed E-state index contributed by atoms with van der Waals surface area (Å²) in [5, 5.41) is 8.96. The zero-order chi connectivity index (χ0) is 18.4. The quantitative estimate of drug-likeness (QED) is 0.671. The number of hydrogen-bond donors (Lipinski definition) is 2. The topological polar surface area (TPSA) is 79.8 Å². The van der Waals surface area contributed by atoms with Crippen LogP contribution in [0.3, 0.4) is 0 Å². The minimum atomic E-state index is -0.285. The van der Waals surface area contributed by atoms with Gasteiger partial charge in [-0.05, 0) is 32.0 Å². The predicted molar refractivity (Wildman–Crippen MR) is 104 cm³/mol. The Kier molecular flexibility index (Phi) is 6.04. The van der Waals surface area contributed by atoms with Crippen molar-refractivity contribution in [2.45, 2.75) is 26.3 Å². The molecule has 0 bridgehead atoms. The largest absolute Gasteiger partial charge is 0.325 e. The van der Waals surface area contributed by atoms with Crippen molar-refractivity contribution in [1.82, 2.24) is 20.3 Å². The minimum Gasteiger partial charge on any atom is -0.325 e. The first-order chi connectivity index (χ1) is 12.6. The van der Waals surface area contributed by atoms with Crippen LogP contribution in [0.25, 0.3) is 10.8 Å². The van der Waals surface area contributed by atoms with E-state index in [9.17, 15) is 4.79 Å². The Morgan fingerprint density at radius 2 is 1.92 bits per heavy atom. The van der Waals surface area contributed by atoms with Gasteiger partial charge in [-0.25, -0.2) is 15.0 Å². The molecule has 0 saturated heterocycles. The fourth-order valence-electron chi connectivity index (χ4n) is 2.33. The maximum Gasteiger partial charge on any atom is 0.241 e. The molecule has 2 heterocycles. The maximum atomic E-state index is 12.2. The van der Waals surface area contributed by atoms with Crippen molar-refractivity contribution in [1.29, 1.82) is 0 Å². The highest BCUT2D eigenvalue weighted by Crippen LogP contribution is 2.19. The summed E-state index contributed by atoms with van der Waals surface area (Å²) >= 11 is 1.53.